The number of likely N-dealkylation sites (tertiary alicyclic amines) is 1. The van der Waals surface area contributed by atoms with E-state index in [-0.39, 0.29) is 24.1 Å². The number of esters is 1. The fourth-order valence-corrected chi connectivity index (χ4v) is 5.18. The van der Waals surface area contributed by atoms with Gasteiger partial charge >= 0.3 is 18.2 Å². The summed E-state index contributed by atoms with van der Waals surface area (Å²) in [6.45, 7) is 12.6. The van der Waals surface area contributed by atoms with E-state index in [2.05, 4.69) is 15.1 Å². The number of alkyl carbamates (subject to hydrolysis) is 1. The third-order valence-corrected chi connectivity index (χ3v) is 7.30. The lowest BCUT2D eigenvalue weighted by Crippen LogP contribution is -2.50. The molecule has 3 fully saturated rings. The van der Waals surface area contributed by atoms with Gasteiger partial charge in [0.2, 0.25) is 5.96 Å². The zero-order valence-electron chi connectivity index (χ0n) is 23.5. The Morgan fingerprint density at radius 3 is 2.34 bits per heavy atom. The molecule has 0 spiro atoms. The van der Waals surface area contributed by atoms with E-state index in [4.69, 9.17) is 19.6 Å². The van der Waals surface area contributed by atoms with Gasteiger partial charge in [0, 0.05) is 52.4 Å². The summed E-state index contributed by atoms with van der Waals surface area (Å²) >= 11 is 0. The van der Waals surface area contributed by atoms with Crippen LogP contribution in [0.15, 0.2) is 0 Å². The van der Waals surface area contributed by atoms with E-state index >= 15 is 0 Å². The Morgan fingerprint density at radius 1 is 1.05 bits per heavy atom. The lowest BCUT2D eigenvalue weighted by molar-refractivity contribution is -0.142. The van der Waals surface area contributed by atoms with E-state index in [0.717, 1.165) is 77.9 Å². The van der Waals surface area contributed by atoms with Crippen molar-refractivity contribution in [2.45, 2.75) is 64.6 Å². The van der Waals surface area contributed by atoms with Crippen LogP contribution in [0.2, 0.25) is 0 Å². The Balaban J connectivity index is 1.25. The zero-order valence-corrected chi connectivity index (χ0v) is 23.5. The molecule has 0 aromatic carbocycles. The molecule has 2 N–H and O–H groups in total. The predicted octanol–water partition coefficient (Wildman–Crippen LogP) is 1.94. The van der Waals surface area contributed by atoms with Gasteiger partial charge in [0.05, 0.1) is 20.2 Å². The van der Waals surface area contributed by atoms with E-state index in [1.807, 2.05) is 9.80 Å². The highest BCUT2D eigenvalue weighted by Gasteiger charge is 2.33. The molecule has 2 amide bonds. The maximum absolute atomic E-state index is 12.3. The number of amides is 2. The Labute approximate surface area is 226 Å². The molecule has 3 rings (SSSR count). The summed E-state index contributed by atoms with van der Waals surface area (Å²) in [6.07, 6.45) is 4.15. The van der Waals surface area contributed by atoms with Crippen molar-refractivity contribution in [3.05, 3.63) is 0 Å². The van der Waals surface area contributed by atoms with Crippen LogP contribution in [0.4, 0.5) is 9.59 Å². The van der Waals surface area contributed by atoms with Crippen molar-refractivity contribution in [1.82, 2.24) is 24.9 Å². The minimum absolute atomic E-state index is 0.0999. The number of unbranched alkanes of at least 4 members (excludes halogenated alkanes) is 1. The maximum Gasteiger partial charge on any atom is 0.414 e. The van der Waals surface area contributed by atoms with Crippen LogP contribution in [0.5, 0.6) is 0 Å². The first-order valence-electron chi connectivity index (χ1n) is 13.8. The number of carbonyl (C=O) groups excluding carboxylic acids is 3. The number of hydrogen-bond donors (Lipinski definition) is 2. The van der Waals surface area contributed by atoms with Crippen molar-refractivity contribution in [1.29, 1.82) is 5.41 Å². The topological polar surface area (TPSA) is 128 Å². The first kappa shape index (κ1) is 29.9. The molecule has 0 bridgehead atoms. The van der Waals surface area contributed by atoms with E-state index in [1.54, 1.807) is 20.8 Å². The molecule has 3 aliphatic heterocycles. The van der Waals surface area contributed by atoms with Gasteiger partial charge in [0.1, 0.15) is 11.7 Å². The second-order valence-electron chi connectivity index (χ2n) is 11.5. The molecule has 1 unspecified atom stereocenters. The van der Waals surface area contributed by atoms with Crippen LogP contribution in [0.3, 0.4) is 0 Å². The molecule has 0 aliphatic carbocycles. The summed E-state index contributed by atoms with van der Waals surface area (Å²) in [5.74, 6) is 0.483. The highest BCUT2D eigenvalue weighted by molar-refractivity contribution is 5.92. The van der Waals surface area contributed by atoms with Crippen LogP contribution >= 0.6 is 0 Å². The molecule has 12 nitrogen and oxygen atoms in total. The van der Waals surface area contributed by atoms with Crippen LogP contribution in [-0.4, -0.2) is 128 Å². The summed E-state index contributed by atoms with van der Waals surface area (Å²) in [4.78, 5) is 43.8. The Bertz CT molecular complexity index is 818. The van der Waals surface area contributed by atoms with Gasteiger partial charge < -0.3 is 24.0 Å². The average Bonchev–Trinajstić information content (AvgIpc) is 3.20. The molecule has 38 heavy (non-hydrogen) atoms. The smallest absolute Gasteiger partial charge is 0.414 e. The third-order valence-electron chi connectivity index (χ3n) is 7.30. The Hall–Kier alpha value is -2.60. The molecule has 12 heteroatoms. The number of methoxy groups -OCH3 is 1. The number of carbonyl (C=O) groups is 3. The van der Waals surface area contributed by atoms with Crippen molar-refractivity contribution >= 4 is 24.1 Å². The van der Waals surface area contributed by atoms with E-state index in [9.17, 15) is 14.4 Å². The van der Waals surface area contributed by atoms with E-state index in [1.165, 1.54) is 7.11 Å². The number of nitrogens with one attached hydrogen (secondary N) is 2. The van der Waals surface area contributed by atoms with Crippen molar-refractivity contribution in [3.8, 4) is 0 Å². The molecule has 3 heterocycles. The summed E-state index contributed by atoms with van der Waals surface area (Å²) in [6, 6.07) is 0. The van der Waals surface area contributed by atoms with Crippen molar-refractivity contribution < 1.29 is 28.6 Å². The minimum atomic E-state index is -0.592. The maximum atomic E-state index is 12.3. The van der Waals surface area contributed by atoms with Gasteiger partial charge in [-0.1, -0.05) is 12.8 Å². The summed E-state index contributed by atoms with van der Waals surface area (Å²) < 4.78 is 15.6. The quantitative estimate of drug-likeness (QED) is 0.149. The summed E-state index contributed by atoms with van der Waals surface area (Å²) in [5.41, 5.74) is -0.590. The highest BCUT2D eigenvalue weighted by atomic mass is 16.6. The van der Waals surface area contributed by atoms with Crippen LogP contribution < -0.4 is 5.32 Å². The van der Waals surface area contributed by atoms with Gasteiger partial charge in [-0.2, -0.15) is 0 Å². The Kier molecular flexibility index (Phi) is 11.0. The molecular formula is C26H46N6O6. The monoisotopic (exact) mass is 538 g/mol. The number of ether oxygens (including phenoxy) is 3. The second kappa shape index (κ2) is 14.0. The highest BCUT2D eigenvalue weighted by Crippen LogP contribution is 2.23. The molecule has 3 aliphatic rings. The largest absolute Gasteiger partial charge is 0.468 e. The number of nitrogens with zero attached hydrogens (tertiary/aromatic N) is 4. The van der Waals surface area contributed by atoms with Crippen LogP contribution in [-0.2, 0) is 19.0 Å². The molecule has 1 atom stereocenters. The number of piperazine rings is 1. The van der Waals surface area contributed by atoms with Gasteiger partial charge in [0.15, 0.2) is 0 Å². The fourth-order valence-electron chi connectivity index (χ4n) is 5.18. The number of hydrogen-bond acceptors (Lipinski definition) is 9. The lowest BCUT2D eigenvalue weighted by Gasteiger charge is -2.34. The molecule has 0 radical (unpaired) electrons. The van der Waals surface area contributed by atoms with Gasteiger partial charge in [-0.15, -0.1) is 0 Å². The number of piperidine rings is 1. The first-order valence-corrected chi connectivity index (χ1v) is 13.8. The third kappa shape index (κ3) is 9.94. The second-order valence-corrected chi connectivity index (χ2v) is 11.5. The Morgan fingerprint density at radius 2 is 1.71 bits per heavy atom. The standard InChI is InChI=1S/C26H46N6O6/c1-26(2,3)38-24(34)28-23(27)31-11-8-20(9-12-31)7-5-6-10-32-18-21(37-25(32)35)17-29-13-15-30(16-14-29)19-22(33)36-4/h20-21H,5-19H2,1-4H3,(H2,27,28,34). The predicted molar refractivity (Wildman–Crippen MR) is 142 cm³/mol. The number of rotatable bonds is 9. The van der Waals surface area contributed by atoms with E-state index < -0.39 is 11.7 Å². The molecular weight excluding hydrogens is 492 g/mol. The molecule has 0 saturated carbocycles. The molecule has 216 valence electrons. The van der Waals surface area contributed by atoms with Gasteiger partial charge in [-0.05, 0) is 46.0 Å². The van der Waals surface area contributed by atoms with E-state index in [0.29, 0.717) is 25.6 Å². The lowest BCUT2D eigenvalue weighted by atomic mass is 9.91. The normalized spacial score (nSPS) is 21.8. The minimum Gasteiger partial charge on any atom is -0.468 e. The molecule has 0 aromatic heterocycles. The summed E-state index contributed by atoms with van der Waals surface area (Å²) in [5, 5.41) is 10.7. The zero-order chi connectivity index (χ0) is 27.7. The SMILES string of the molecule is COC(=O)CN1CCN(CC2CN(CCCCC3CCN(C(=N)NC(=O)OC(C)(C)C)CC3)C(=O)O2)CC1. The molecule has 3 saturated heterocycles. The molecule has 0 aromatic rings. The average molecular weight is 539 g/mol. The van der Waals surface area contributed by atoms with Crippen molar-refractivity contribution in [3.63, 3.8) is 0 Å². The number of cyclic esters (lactones) is 1. The fraction of sp³-hybridized carbons (Fsp3) is 0.846. The van der Waals surface area contributed by atoms with Crippen LogP contribution in [0, 0.1) is 11.3 Å². The van der Waals surface area contributed by atoms with Crippen molar-refractivity contribution in [2.24, 2.45) is 5.92 Å². The summed E-state index contributed by atoms with van der Waals surface area (Å²) in [7, 11) is 1.41. The first-order chi connectivity index (χ1) is 18.0. The van der Waals surface area contributed by atoms with Crippen LogP contribution in [0.25, 0.3) is 0 Å². The van der Waals surface area contributed by atoms with Crippen LogP contribution in [0.1, 0.15) is 52.9 Å². The van der Waals surface area contributed by atoms with Crippen molar-refractivity contribution in [2.75, 3.05) is 72.6 Å². The van der Waals surface area contributed by atoms with Gasteiger partial charge in [-0.25, -0.2) is 9.59 Å². The van der Waals surface area contributed by atoms with Gasteiger partial charge in [0.25, 0.3) is 0 Å². The number of guanidine groups is 1. The van der Waals surface area contributed by atoms with Gasteiger partial charge in [-0.3, -0.25) is 25.3 Å².